The molecule has 3 aromatic carbocycles. The molecule has 26 heavy (non-hydrogen) atoms. The number of benzene rings is 3. The first-order valence-electron chi connectivity index (χ1n) is 8.17. The van der Waals surface area contributed by atoms with Gasteiger partial charge in [0.15, 0.2) is 5.75 Å². The molecule has 0 saturated carbocycles. The van der Waals surface area contributed by atoms with E-state index in [2.05, 4.69) is 11.4 Å². The SMILES string of the molecule is Cc1cccc(NCc2cc(Cl)c(OCc3ccc(F)cc3)c(Cl)c2)c1. The van der Waals surface area contributed by atoms with Crippen molar-refractivity contribution in [3.8, 4) is 5.75 Å². The summed E-state index contributed by atoms with van der Waals surface area (Å²) in [6.07, 6.45) is 0. The Hall–Kier alpha value is -2.23. The van der Waals surface area contributed by atoms with Gasteiger partial charge in [0.1, 0.15) is 12.4 Å². The van der Waals surface area contributed by atoms with E-state index in [1.54, 1.807) is 12.1 Å². The predicted octanol–water partition coefficient (Wildman–Crippen LogP) is 6.63. The van der Waals surface area contributed by atoms with Crippen molar-refractivity contribution in [2.24, 2.45) is 0 Å². The molecular weight excluding hydrogens is 372 g/mol. The zero-order valence-electron chi connectivity index (χ0n) is 14.2. The summed E-state index contributed by atoms with van der Waals surface area (Å²) in [7, 11) is 0. The van der Waals surface area contributed by atoms with E-state index in [1.165, 1.54) is 17.7 Å². The number of halogens is 3. The molecule has 0 amide bonds. The number of rotatable bonds is 6. The van der Waals surface area contributed by atoms with Gasteiger partial charge in [0.2, 0.25) is 0 Å². The van der Waals surface area contributed by atoms with Crippen molar-refractivity contribution >= 4 is 28.9 Å². The standard InChI is InChI=1S/C21H18Cl2FNO/c1-14-3-2-4-18(9-14)25-12-16-10-19(22)21(20(23)11-16)26-13-15-5-7-17(24)8-6-15/h2-11,25H,12-13H2,1H3. The maximum Gasteiger partial charge on any atom is 0.156 e. The summed E-state index contributed by atoms with van der Waals surface area (Å²) in [6, 6.07) is 17.9. The van der Waals surface area contributed by atoms with Gasteiger partial charge < -0.3 is 10.1 Å². The van der Waals surface area contributed by atoms with Crippen LogP contribution in [0.25, 0.3) is 0 Å². The number of nitrogens with one attached hydrogen (secondary N) is 1. The van der Waals surface area contributed by atoms with Crippen LogP contribution in [0.2, 0.25) is 10.0 Å². The third-order valence-electron chi connectivity index (χ3n) is 3.87. The minimum absolute atomic E-state index is 0.264. The molecule has 3 rings (SSSR count). The molecule has 2 nitrogen and oxygen atoms in total. The zero-order chi connectivity index (χ0) is 18.5. The van der Waals surface area contributed by atoms with Gasteiger partial charge in [-0.05, 0) is 60.0 Å². The highest BCUT2D eigenvalue weighted by atomic mass is 35.5. The van der Waals surface area contributed by atoms with Gasteiger partial charge in [0, 0.05) is 12.2 Å². The highest BCUT2D eigenvalue weighted by Gasteiger charge is 2.10. The van der Waals surface area contributed by atoms with Crippen molar-refractivity contribution in [2.45, 2.75) is 20.1 Å². The molecule has 3 aromatic rings. The van der Waals surface area contributed by atoms with Crippen LogP contribution in [0.4, 0.5) is 10.1 Å². The quantitative estimate of drug-likeness (QED) is 0.510. The smallest absolute Gasteiger partial charge is 0.156 e. The number of hydrogen-bond donors (Lipinski definition) is 1. The average molecular weight is 390 g/mol. The van der Waals surface area contributed by atoms with Gasteiger partial charge in [-0.25, -0.2) is 4.39 Å². The molecular formula is C21H18Cl2FNO. The lowest BCUT2D eigenvalue weighted by molar-refractivity contribution is 0.306. The lowest BCUT2D eigenvalue weighted by atomic mass is 10.2. The minimum atomic E-state index is -0.282. The molecule has 0 saturated heterocycles. The monoisotopic (exact) mass is 389 g/mol. The molecule has 0 unspecified atom stereocenters. The molecule has 1 N–H and O–H groups in total. The van der Waals surface area contributed by atoms with Gasteiger partial charge in [-0.2, -0.15) is 0 Å². The lowest BCUT2D eigenvalue weighted by Gasteiger charge is -2.13. The van der Waals surface area contributed by atoms with Crippen molar-refractivity contribution in [1.82, 2.24) is 0 Å². The molecule has 0 spiro atoms. The molecule has 0 aromatic heterocycles. The third-order valence-corrected chi connectivity index (χ3v) is 4.43. The summed E-state index contributed by atoms with van der Waals surface area (Å²) in [5, 5.41) is 4.24. The minimum Gasteiger partial charge on any atom is -0.486 e. The summed E-state index contributed by atoms with van der Waals surface area (Å²) in [4.78, 5) is 0. The molecule has 0 atom stereocenters. The van der Waals surface area contributed by atoms with Crippen LogP contribution < -0.4 is 10.1 Å². The summed E-state index contributed by atoms with van der Waals surface area (Å²) in [5.74, 6) is 0.146. The van der Waals surface area contributed by atoms with Crippen molar-refractivity contribution in [1.29, 1.82) is 0 Å². The van der Waals surface area contributed by atoms with E-state index in [9.17, 15) is 4.39 Å². The van der Waals surface area contributed by atoms with Crippen LogP contribution in [-0.4, -0.2) is 0 Å². The van der Waals surface area contributed by atoms with E-state index in [-0.39, 0.29) is 12.4 Å². The van der Waals surface area contributed by atoms with Crippen LogP contribution in [-0.2, 0) is 13.2 Å². The van der Waals surface area contributed by atoms with Crippen LogP contribution >= 0.6 is 23.2 Å². The maximum absolute atomic E-state index is 13.0. The molecule has 0 radical (unpaired) electrons. The van der Waals surface area contributed by atoms with Crippen LogP contribution in [0, 0.1) is 12.7 Å². The molecule has 0 heterocycles. The number of hydrogen-bond acceptors (Lipinski definition) is 2. The van der Waals surface area contributed by atoms with E-state index in [0.29, 0.717) is 22.3 Å². The number of aryl methyl sites for hydroxylation is 1. The van der Waals surface area contributed by atoms with E-state index in [4.69, 9.17) is 27.9 Å². The van der Waals surface area contributed by atoms with Gasteiger partial charge in [-0.3, -0.25) is 0 Å². The van der Waals surface area contributed by atoms with Gasteiger partial charge in [-0.15, -0.1) is 0 Å². The van der Waals surface area contributed by atoms with E-state index >= 15 is 0 Å². The lowest BCUT2D eigenvalue weighted by Crippen LogP contribution is -2.01. The Morgan fingerprint density at radius 2 is 1.62 bits per heavy atom. The summed E-state index contributed by atoms with van der Waals surface area (Å²) in [5.41, 5.74) is 4.02. The molecule has 0 aliphatic rings. The zero-order valence-corrected chi connectivity index (χ0v) is 15.7. The highest BCUT2D eigenvalue weighted by Crippen LogP contribution is 2.35. The molecule has 0 bridgehead atoms. The maximum atomic E-state index is 13.0. The Bertz CT molecular complexity index is 874. The van der Waals surface area contributed by atoms with Crippen LogP contribution in [0.15, 0.2) is 60.7 Å². The van der Waals surface area contributed by atoms with E-state index in [0.717, 1.165) is 16.8 Å². The third kappa shape index (κ3) is 4.90. The molecule has 0 aliphatic heterocycles. The topological polar surface area (TPSA) is 21.3 Å². The van der Waals surface area contributed by atoms with E-state index in [1.807, 2.05) is 37.3 Å². The van der Waals surface area contributed by atoms with Crippen LogP contribution in [0.3, 0.4) is 0 Å². The Balaban J connectivity index is 1.66. The predicted molar refractivity (Wildman–Crippen MR) is 106 cm³/mol. The fraction of sp³-hybridized carbons (Fsp3) is 0.143. The largest absolute Gasteiger partial charge is 0.486 e. The van der Waals surface area contributed by atoms with E-state index < -0.39 is 0 Å². The summed E-state index contributed by atoms with van der Waals surface area (Å²) < 4.78 is 18.7. The van der Waals surface area contributed by atoms with Crippen molar-refractivity contribution < 1.29 is 9.13 Å². The Labute approximate surface area is 162 Å². The van der Waals surface area contributed by atoms with Gasteiger partial charge >= 0.3 is 0 Å². The molecule has 0 aliphatic carbocycles. The second-order valence-electron chi connectivity index (χ2n) is 6.03. The fourth-order valence-corrected chi connectivity index (χ4v) is 3.19. The first kappa shape index (κ1) is 18.6. The normalized spacial score (nSPS) is 10.6. The Morgan fingerprint density at radius 1 is 0.923 bits per heavy atom. The molecule has 5 heteroatoms. The Kier molecular flexibility index (Phi) is 6.02. The van der Waals surface area contributed by atoms with Crippen molar-refractivity contribution in [3.05, 3.63) is 93.2 Å². The van der Waals surface area contributed by atoms with Crippen LogP contribution in [0.1, 0.15) is 16.7 Å². The van der Waals surface area contributed by atoms with Gasteiger partial charge in [0.25, 0.3) is 0 Å². The number of anilines is 1. The molecule has 134 valence electrons. The fourth-order valence-electron chi connectivity index (χ4n) is 2.55. The first-order valence-corrected chi connectivity index (χ1v) is 8.92. The summed E-state index contributed by atoms with van der Waals surface area (Å²) >= 11 is 12.7. The first-order chi connectivity index (χ1) is 12.5. The second-order valence-corrected chi connectivity index (χ2v) is 6.84. The van der Waals surface area contributed by atoms with Crippen molar-refractivity contribution in [2.75, 3.05) is 5.32 Å². The van der Waals surface area contributed by atoms with Gasteiger partial charge in [-0.1, -0.05) is 47.5 Å². The van der Waals surface area contributed by atoms with Crippen molar-refractivity contribution in [3.63, 3.8) is 0 Å². The van der Waals surface area contributed by atoms with Gasteiger partial charge in [0.05, 0.1) is 10.0 Å². The Morgan fingerprint density at radius 3 is 2.27 bits per heavy atom. The second kappa shape index (κ2) is 8.43. The highest BCUT2D eigenvalue weighted by molar-refractivity contribution is 6.37. The number of ether oxygens (including phenoxy) is 1. The molecule has 0 fully saturated rings. The summed E-state index contributed by atoms with van der Waals surface area (Å²) in [6.45, 7) is 2.91. The van der Waals surface area contributed by atoms with Crippen LogP contribution in [0.5, 0.6) is 5.75 Å². The average Bonchev–Trinajstić information content (AvgIpc) is 2.61.